The summed E-state index contributed by atoms with van der Waals surface area (Å²) < 4.78 is 9.67. The first-order chi connectivity index (χ1) is 9.24. The molecule has 0 fully saturated rings. The van der Waals surface area contributed by atoms with E-state index in [1.54, 1.807) is 36.6 Å². The zero-order valence-electron chi connectivity index (χ0n) is 10.3. The zero-order chi connectivity index (χ0) is 13.7. The van der Waals surface area contributed by atoms with E-state index in [1.807, 2.05) is 0 Å². The van der Waals surface area contributed by atoms with Crippen molar-refractivity contribution < 1.29 is 18.7 Å². The molecule has 96 valence electrons. The molecule has 1 aromatic heterocycles. The van der Waals surface area contributed by atoms with E-state index in [1.165, 1.54) is 19.4 Å². The highest BCUT2D eigenvalue weighted by Gasteiger charge is 2.09. The minimum absolute atomic E-state index is 0.448. The van der Waals surface area contributed by atoms with E-state index in [-0.39, 0.29) is 0 Å². The predicted octanol–water partition coefficient (Wildman–Crippen LogP) is 2.70. The van der Waals surface area contributed by atoms with Gasteiger partial charge in [-0.3, -0.25) is 4.79 Å². The molecule has 0 bridgehead atoms. The number of benzene rings is 1. The molecule has 4 nitrogen and oxygen atoms in total. The molecule has 0 unspecified atom stereocenters. The van der Waals surface area contributed by atoms with Gasteiger partial charge in [0.1, 0.15) is 6.29 Å². The van der Waals surface area contributed by atoms with Gasteiger partial charge in [0, 0.05) is 17.2 Å². The van der Waals surface area contributed by atoms with E-state index in [0.717, 1.165) is 17.4 Å². The standard InChI is InChI=1S/C15H12O4/c1-18-15(17)8-14(13-6-7-19-10-13)12-4-2-11(9-16)3-5-12/h2-10H,1H3/b14-8-. The number of rotatable bonds is 4. The van der Waals surface area contributed by atoms with Crippen molar-refractivity contribution in [3.63, 3.8) is 0 Å². The fourth-order valence-corrected chi connectivity index (χ4v) is 1.67. The van der Waals surface area contributed by atoms with Gasteiger partial charge in [-0.1, -0.05) is 24.3 Å². The monoisotopic (exact) mass is 256 g/mol. The van der Waals surface area contributed by atoms with Crippen molar-refractivity contribution in [1.29, 1.82) is 0 Å². The largest absolute Gasteiger partial charge is 0.472 e. The second-order valence-electron chi connectivity index (χ2n) is 3.83. The highest BCUT2D eigenvalue weighted by molar-refractivity contribution is 5.96. The number of hydrogen-bond acceptors (Lipinski definition) is 4. The van der Waals surface area contributed by atoms with Crippen LogP contribution in [0, 0.1) is 0 Å². The fraction of sp³-hybridized carbons (Fsp3) is 0.0667. The van der Waals surface area contributed by atoms with Crippen LogP contribution in [0.2, 0.25) is 0 Å². The number of hydrogen-bond donors (Lipinski definition) is 0. The first-order valence-electron chi connectivity index (χ1n) is 5.62. The lowest BCUT2D eigenvalue weighted by molar-refractivity contribution is -0.134. The van der Waals surface area contributed by atoms with Crippen LogP contribution < -0.4 is 0 Å². The lowest BCUT2D eigenvalue weighted by Gasteiger charge is -2.05. The van der Waals surface area contributed by atoms with Crippen LogP contribution >= 0.6 is 0 Å². The zero-order valence-corrected chi connectivity index (χ0v) is 10.3. The third-order valence-corrected chi connectivity index (χ3v) is 2.65. The van der Waals surface area contributed by atoms with E-state index in [4.69, 9.17) is 4.42 Å². The van der Waals surface area contributed by atoms with Crippen molar-refractivity contribution in [3.05, 3.63) is 65.6 Å². The van der Waals surface area contributed by atoms with Crippen molar-refractivity contribution in [1.82, 2.24) is 0 Å². The lowest BCUT2D eigenvalue weighted by Crippen LogP contribution is -1.98. The third-order valence-electron chi connectivity index (χ3n) is 2.65. The Balaban J connectivity index is 2.45. The van der Waals surface area contributed by atoms with Crippen molar-refractivity contribution in [2.24, 2.45) is 0 Å². The van der Waals surface area contributed by atoms with Crippen LogP contribution in [0.15, 0.2) is 53.4 Å². The maximum absolute atomic E-state index is 11.4. The number of aldehydes is 1. The molecule has 0 N–H and O–H groups in total. The number of carbonyl (C=O) groups is 2. The van der Waals surface area contributed by atoms with Crippen LogP contribution in [-0.2, 0) is 9.53 Å². The van der Waals surface area contributed by atoms with Crippen LogP contribution in [0.5, 0.6) is 0 Å². The Morgan fingerprint density at radius 2 is 1.89 bits per heavy atom. The first-order valence-corrected chi connectivity index (χ1v) is 5.62. The Bertz CT molecular complexity index is 592. The molecule has 0 aliphatic rings. The maximum Gasteiger partial charge on any atom is 0.331 e. The summed E-state index contributed by atoms with van der Waals surface area (Å²) in [6, 6.07) is 8.67. The summed E-state index contributed by atoms with van der Waals surface area (Å²) in [6.45, 7) is 0. The molecule has 2 aromatic rings. The molecule has 0 radical (unpaired) electrons. The van der Waals surface area contributed by atoms with Gasteiger partial charge in [-0.25, -0.2) is 4.79 Å². The van der Waals surface area contributed by atoms with Gasteiger partial charge in [0.15, 0.2) is 0 Å². The van der Waals surface area contributed by atoms with E-state index in [2.05, 4.69) is 4.74 Å². The molecular weight excluding hydrogens is 244 g/mol. The van der Waals surface area contributed by atoms with Gasteiger partial charge >= 0.3 is 5.97 Å². The van der Waals surface area contributed by atoms with Gasteiger partial charge in [-0.05, 0) is 17.2 Å². The molecular formula is C15H12O4. The molecule has 0 saturated heterocycles. The number of esters is 1. The summed E-state index contributed by atoms with van der Waals surface area (Å²) >= 11 is 0. The van der Waals surface area contributed by atoms with Gasteiger partial charge in [0.25, 0.3) is 0 Å². The predicted molar refractivity (Wildman–Crippen MR) is 69.6 cm³/mol. The SMILES string of the molecule is COC(=O)/C=C(/c1ccc(C=O)cc1)c1ccoc1. The molecule has 1 heterocycles. The van der Waals surface area contributed by atoms with Crippen molar-refractivity contribution in [3.8, 4) is 0 Å². The Morgan fingerprint density at radius 1 is 1.16 bits per heavy atom. The summed E-state index contributed by atoms with van der Waals surface area (Å²) in [5.74, 6) is -0.448. The molecule has 1 aromatic carbocycles. The Kier molecular flexibility index (Phi) is 3.93. The minimum Gasteiger partial charge on any atom is -0.472 e. The third kappa shape index (κ3) is 2.98. The van der Waals surface area contributed by atoms with Gasteiger partial charge in [0.05, 0.1) is 19.6 Å². The van der Waals surface area contributed by atoms with E-state index in [0.29, 0.717) is 11.1 Å². The summed E-state index contributed by atoms with van der Waals surface area (Å²) in [6.07, 6.45) is 5.23. The molecule has 0 amide bonds. The lowest BCUT2D eigenvalue weighted by atomic mass is 9.99. The molecule has 2 rings (SSSR count). The average molecular weight is 256 g/mol. The van der Waals surface area contributed by atoms with E-state index in [9.17, 15) is 9.59 Å². The highest BCUT2D eigenvalue weighted by Crippen LogP contribution is 2.24. The fourth-order valence-electron chi connectivity index (χ4n) is 1.67. The number of furan rings is 1. The normalized spacial score (nSPS) is 11.1. The molecule has 0 atom stereocenters. The molecule has 19 heavy (non-hydrogen) atoms. The minimum atomic E-state index is -0.448. The van der Waals surface area contributed by atoms with Gasteiger partial charge in [0.2, 0.25) is 0 Å². The highest BCUT2D eigenvalue weighted by atomic mass is 16.5. The second-order valence-corrected chi connectivity index (χ2v) is 3.83. The van der Waals surface area contributed by atoms with Crippen LogP contribution in [0.4, 0.5) is 0 Å². The van der Waals surface area contributed by atoms with E-state index >= 15 is 0 Å². The topological polar surface area (TPSA) is 56.5 Å². The molecule has 0 aliphatic carbocycles. The molecule has 4 heteroatoms. The molecule has 0 aliphatic heterocycles. The Labute approximate surface area is 110 Å². The van der Waals surface area contributed by atoms with E-state index < -0.39 is 5.97 Å². The second kappa shape index (κ2) is 5.82. The number of carbonyl (C=O) groups excluding carboxylic acids is 2. The van der Waals surface area contributed by atoms with Crippen molar-refractivity contribution in [2.45, 2.75) is 0 Å². The smallest absolute Gasteiger partial charge is 0.331 e. The van der Waals surface area contributed by atoms with Crippen LogP contribution in [0.3, 0.4) is 0 Å². The van der Waals surface area contributed by atoms with Gasteiger partial charge in [-0.2, -0.15) is 0 Å². The van der Waals surface area contributed by atoms with Crippen LogP contribution in [0.1, 0.15) is 21.5 Å². The van der Waals surface area contributed by atoms with Crippen LogP contribution in [0.25, 0.3) is 5.57 Å². The summed E-state index contributed by atoms with van der Waals surface area (Å²) in [4.78, 5) is 22.1. The van der Waals surface area contributed by atoms with Gasteiger partial charge < -0.3 is 9.15 Å². The number of methoxy groups -OCH3 is 1. The average Bonchev–Trinajstić information content (AvgIpc) is 2.98. The Hall–Kier alpha value is -2.62. The molecule has 0 saturated carbocycles. The summed E-state index contributed by atoms with van der Waals surface area (Å²) in [7, 11) is 1.32. The molecule has 0 spiro atoms. The summed E-state index contributed by atoms with van der Waals surface area (Å²) in [5.41, 5.74) is 2.83. The van der Waals surface area contributed by atoms with Crippen molar-refractivity contribution in [2.75, 3.05) is 7.11 Å². The maximum atomic E-state index is 11.4. The van der Waals surface area contributed by atoms with Gasteiger partial charge in [-0.15, -0.1) is 0 Å². The Morgan fingerprint density at radius 3 is 2.42 bits per heavy atom. The van der Waals surface area contributed by atoms with Crippen LogP contribution in [-0.4, -0.2) is 19.4 Å². The van der Waals surface area contributed by atoms with Crippen molar-refractivity contribution >= 4 is 17.8 Å². The quantitative estimate of drug-likeness (QED) is 0.479. The number of ether oxygens (including phenoxy) is 1. The first kappa shape index (κ1) is 12.8. The summed E-state index contributed by atoms with van der Waals surface area (Å²) in [5, 5.41) is 0.